The maximum absolute atomic E-state index is 4.95. The number of hydrogen-bond donors (Lipinski definition) is 1. The molecule has 0 spiro atoms. The van der Waals surface area contributed by atoms with Crippen molar-refractivity contribution in [3.05, 3.63) is 10.6 Å². The van der Waals surface area contributed by atoms with E-state index in [1.807, 2.05) is 11.3 Å². The van der Waals surface area contributed by atoms with Gasteiger partial charge in [0.1, 0.15) is 0 Å². The van der Waals surface area contributed by atoms with Gasteiger partial charge in [-0.15, -0.1) is 11.3 Å². The molecule has 0 aliphatic carbocycles. The highest BCUT2D eigenvalue weighted by Gasteiger charge is 2.29. The Morgan fingerprint density at radius 3 is 2.75 bits per heavy atom. The molecule has 114 valence electrons. The predicted octanol–water partition coefficient (Wildman–Crippen LogP) is 3.71. The van der Waals surface area contributed by atoms with E-state index in [1.165, 1.54) is 21.5 Å². The van der Waals surface area contributed by atoms with Crippen LogP contribution in [0.1, 0.15) is 51.1 Å². The minimum absolute atomic E-state index is 0.337. The second-order valence-electron chi connectivity index (χ2n) is 6.27. The van der Waals surface area contributed by atoms with E-state index >= 15 is 0 Å². The minimum atomic E-state index is 0.337. The molecule has 1 aliphatic heterocycles. The van der Waals surface area contributed by atoms with Crippen LogP contribution in [0.4, 0.5) is 5.13 Å². The van der Waals surface area contributed by atoms with E-state index in [4.69, 9.17) is 4.98 Å². The summed E-state index contributed by atoms with van der Waals surface area (Å²) < 4.78 is 0.337. The lowest BCUT2D eigenvalue weighted by molar-refractivity contribution is 0.644. The molecule has 0 amide bonds. The Hall–Kier alpha value is -0.260. The third-order valence-electron chi connectivity index (χ3n) is 3.49. The first-order chi connectivity index (χ1) is 9.43. The van der Waals surface area contributed by atoms with Gasteiger partial charge in [0, 0.05) is 35.0 Å². The summed E-state index contributed by atoms with van der Waals surface area (Å²) in [4.78, 5) is 8.83. The molecule has 5 heteroatoms. The SMILES string of the molecule is CCNCc1sc(N2CCSC(C)(C)C2)nc1C(C)C. The summed E-state index contributed by atoms with van der Waals surface area (Å²) in [7, 11) is 0. The van der Waals surface area contributed by atoms with E-state index < -0.39 is 0 Å². The van der Waals surface area contributed by atoms with Crippen LogP contribution < -0.4 is 10.2 Å². The van der Waals surface area contributed by atoms with Gasteiger partial charge in [0.05, 0.1) is 5.69 Å². The Kier molecular flexibility index (Phi) is 5.37. The lowest BCUT2D eigenvalue weighted by Gasteiger charge is -2.37. The van der Waals surface area contributed by atoms with Crippen molar-refractivity contribution in [3.63, 3.8) is 0 Å². The monoisotopic (exact) mass is 313 g/mol. The van der Waals surface area contributed by atoms with Crippen LogP contribution in [0.3, 0.4) is 0 Å². The second kappa shape index (κ2) is 6.67. The Labute approximate surface area is 131 Å². The van der Waals surface area contributed by atoms with Crippen LogP contribution in [0, 0.1) is 0 Å². The zero-order valence-corrected chi connectivity index (χ0v) is 15.0. The number of hydrogen-bond acceptors (Lipinski definition) is 5. The van der Waals surface area contributed by atoms with Crippen molar-refractivity contribution in [2.75, 3.05) is 30.3 Å². The molecule has 3 nitrogen and oxygen atoms in total. The van der Waals surface area contributed by atoms with Crippen LogP contribution in [0.15, 0.2) is 0 Å². The van der Waals surface area contributed by atoms with E-state index in [0.29, 0.717) is 10.7 Å². The van der Waals surface area contributed by atoms with Crippen LogP contribution >= 0.6 is 23.1 Å². The van der Waals surface area contributed by atoms with Crippen molar-refractivity contribution in [3.8, 4) is 0 Å². The van der Waals surface area contributed by atoms with Gasteiger partial charge in [0.2, 0.25) is 0 Å². The lowest BCUT2D eigenvalue weighted by Crippen LogP contribution is -2.43. The van der Waals surface area contributed by atoms with Crippen molar-refractivity contribution in [1.29, 1.82) is 0 Å². The number of thiazole rings is 1. The fraction of sp³-hybridized carbons (Fsp3) is 0.800. The number of nitrogens with zero attached hydrogens (tertiary/aromatic N) is 2. The highest BCUT2D eigenvalue weighted by molar-refractivity contribution is 8.00. The second-order valence-corrected chi connectivity index (χ2v) is 9.13. The molecule has 0 radical (unpaired) electrons. The van der Waals surface area contributed by atoms with Crippen molar-refractivity contribution in [2.24, 2.45) is 0 Å². The van der Waals surface area contributed by atoms with Gasteiger partial charge >= 0.3 is 0 Å². The van der Waals surface area contributed by atoms with Crippen LogP contribution in [-0.4, -0.2) is 35.1 Å². The molecule has 0 bridgehead atoms. The highest BCUT2D eigenvalue weighted by Crippen LogP contribution is 2.36. The molecule has 1 saturated heterocycles. The third-order valence-corrected chi connectivity index (χ3v) is 5.92. The Morgan fingerprint density at radius 1 is 1.40 bits per heavy atom. The topological polar surface area (TPSA) is 28.2 Å². The average Bonchev–Trinajstić information content (AvgIpc) is 2.79. The van der Waals surface area contributed by atoms with E-state index in [2.05, 4.69) is 56.6 Å². The maximum atomic E-state index is 4.95. The van der Waals surface area contributed by atoms with E-state index in [0.717, 1.165) is 26.2 Å². The molecule has 0 unspecified atom stereocenters. The summed E-state index contributed by atoms with van der Waals surface area (Å²) in [5, 5.41) is 4.66. The van der Waals surface area contributed by atoms with Gasteiger partial charge in [-0.25, -0.2) is 4.98 Å². The number of rotatable bonds is 5. The molecule has 1 N–H and O–H groups in total. The number of aromatic nitrogens is 1. The van der Waals surface area contributed by atoms with Crippen molar-refractivity contribution in [2.45, 2.75) is 51.8 Å². The molecule has 1 aromatic rings. The summed E-state index contributed by atoms with van der Waals surface area (Å²) in [5.41, 5.74) is 1.28. The van der Waals surface area contributed by atoms with Crippen molar-refractivity contribution >= 4 is 28.2 Å². The summed E-state index contributed by atoms with van der Waals surface area (Å²) in [6.45, 7) is 15.5. The van der Waals surface area contributed by atoms with Gasteiger partial charge in [-0.05, 0) is 26.3 Å². The molecule has 0 atom stereocenters. The Bertz CT molecular complexity index is 440. The first kappa shape index (κ1) is 16.1. The number of nitrogens with one attached hydrogen (secondary N) is 1. The van der Waals surface area contributed by atoms with Gasteiger partial charge in [-0.3, -0.25) is 0 Å². The molecule has 0 saturated carbocycles. The van der Waals surface area contributed by atoms with Crippen LogP contribution in [0.2, 0.25) is 0 Å². The highest BCUT2D eigenvalue weighted by atomic mass is 32.2. The molecule has 1 fully saturated rings. The fourth-order valence-corrected chi connectivity index (χ4v) is 4.80. The van der Waals surface area contributed by atoms with Gasteiger partial charge in [-0.2, -0.15) is 11.8 Å². The van der Waals surface area contributed by atoms with Crippen LogP contribution in [0.5, 0.6) is 0 Å². The molecule has 20 heavy (non-hydrogen) atoms. The van der Waals surface area contributed by atoms with E-state index in [-0.39, 0.29) is 0 Å². The quantitative estimate of drug-likeness (QED) is 0.897. The van der Waals surface area contributed by atoms with Crippen molar-refractivity contribution < 1.29 is 0 Å². The Balaban J connectivity index is 2.19. The molecule has 1 aliphatic rings. The number of thioether (sulfide) groups is 1. The summed E-state index contributed by atoms with van der Waals surface area (Å²) in [6, 6.07) is 0. The van der Waals surface area contributed by atoms with Gasteiger partial charge < -0.3 is 10.2 Å². The zero-order valence-electron chi connectivity index (χ0n) is 13.3. The molecular formula is C15H27N3S2. The van der Waals surface area contributed by atoms with Gasteiger partial charge in [0.25, 0.3) is 0 Å². The lowest BCUT2D eigenvalue weighted by atomic mass is 10.1. The molecule has 1 aromatic heterocycles. The first-order valence-electron chi connectivity index (χ1n) is 7.52. The smallest absolute Gasteiger partial charge is 0.185 e. The third kappa shape index (κ3) is 3.89. The molecule has 2 heterocycles. The average molecular weight is 314 g/mol. The Morgan fingerprint density at radius 2 is 2.15 bits per heavy atom. The maximum Gasteiger partial charge on any atom is 0.185 e. The first-order valence-corrected chi connectivity index (χ1v) is 9.32. The molecule has 0 aromatic carbocycles. The van der Waals surface area contributed by atoms with Gasteiger partial charge in [-0.1, -0.05) is 20.8 Å². The fourth-order valence-electron chi connectivity index (χ4n) is 2.48. The predicted molar refractivity (Wildman–Crippen MR) is 92.3 cm³/mol. The summed E-state index contributed by atoms with van der Waals surface area (Å²) >= 11 is 3.95. The van der Waals surface area contributed by atoms with Crippen LogP contribution in [0.25, 0.3) is 0 Å². The zero-order chi connectivity index (χ0) is 14.8. The van der Waals surface area contributed by atoms with Gasteiger partial charge in [0.15, 0.2) is 5.13 Å². The summed E-state index contributed by atoms with van der Waals surface area (Å²) in [5.74, 6) is 1.70. The largest absolute Gasteiger partial charge is 0.346 e. The molecule has 2 rings (SSSR count). The van der Waals surface area contributed by atoms with E-state index in [9.17, 15) is 0 Å². The number of anilines is 1. The van der Waals surface area contributed by atoms with Crippen molar-refractivity contribution in [1.82, 2.24) is 10.3 Å². The minimum Gasteiger partial charge on any atom is -0.346 e. The van der Waals surface area contributed by atoms with Crippen LogP contribution in [-0.2, 0) is 6.54 Å². The summed E-state index contributed by atoms with van der Waals surface area (Å²) in [6.07, 6.45) is 0. The molecular weight excluding hydrogens is 286 g/mol. The standard InChI is InChI=1S/C15H27N3S2/c1-6-16-9-12-13(11(2)3)17-14(20-12)18-7-8-19-15(4,5)10-18/h11,16H,6-10H2,1-5H3. The normalized spacial score (nSPS) is 18.8. The van der Waals surface area contributed by atoms with E-state index in [1.54, 1.807) is 0 Å².